The predicted molar refractivity (Wildman–Crippen MR) is 96.6 cm³/mol. The molecule has 3 aromatic rings. The maximum atomic E-state index is 4.63. The molecule has 4 rings (SSSR count). The van der Waals surface area contributed by atoms with Crippen LogP contribution in [0.1, 0.15) is 43.0 Å². The molecule has 0 radical (unpaired) electrons. The molecular weight excluding hydrogens is 294 g/mol. The lowest BCUT2D eigenvalue weighted by molar-refractivity contribution is 0.668. The average molecular weight is 315 g/mol. The van der Waals surface area contributed by atoms with Gasteiger partial charge in [0.2, 0.25) is 0 Å². The van der Waals surface area contributed by atoms with Gasteiger partial charge in [0.15, 0.2) is 0 Å². The minimum Gasteiger partial charge on any atom is -0.256 e. The maximum Gasteiger partial charge on any atom is 0.131 e. The molecule has 120 valence electrons. The molecule has 2 aromatic heterocycles. The fourth-order valence-electron chi connectivity index (χ4n) is 3.47. The van der Waals surface area contributed by atoms with Crippen molar-refractivity contribution in [1.29, 1.82) is 0 Å². The molecule has 2 heterocycles. The highest BCUT2D eigenvalue weighted by molar-refractivity contribution is 5.67. The van der Waals surface area contributed by atoms with Crippen LogP contribution < -0.4 is 0 Å². The second-order valence-corrected chi connectivity index (χ2v) is 6.56. The first-order chi connectivity index (χ1) is 11.8. The number of benzene rings is 1. The zero-order valence-corrected chi connectivity index (χ0v) is 13.9. The lowest BCUT2D eigenvalue weighted by Crippen LogP contribution is -2.00. The second kappa shape index (κ2) is 6.52. The first kappa shape index (κ1) is 15.0. The lowest BCUT2D eigenvalue weighted by atomic mass is 10.0. The van der Waals surface area contributed by atoms with Gasteiger partial charge in [-0.15, -0.1) is 0 Å². The van der Waals surface area contributed by atoms with Crippen LogP contribution in [0, 0.1) is 6.92 Å². The first-order valence-corrected chi connectivity index (χ1v) is 8.65. The summed E-state index contributed by atoms with van der Waals surface area (Å²) in [6, 6.07) is 12.5. The Bertz CT molecular complexity index is 816. The van der Waals surface area contributed by atoms with E-state index < -0.39 is 0 Å². The van der Waals surface area contributed by atoms with Gasteiger partial charge < -0.3 is 0 Å². The molecule has 3 nitrogen and oxygen atoms in total. The Balaban J connectivity index is 1.57. The molecule has 0 atom stereocenters. The molecule has 0 aliphatic heterocycles. The zero-order valence-electron chi connectivity index (χ0n) is 13.9. The summed E-state index contributed by atoms with van der Waals surface area (Å²) >= 11 is 0. The van der Waals surface area contributed by atoms with Crippen LogP contribution in [0.25, 0.3) is 22.4 Å². The summed E-state index contributed by atoms with van der Waals surface area (Å²) in [6.07, 6.45) is 10.9. The Labute approximate surface area is 142 Å². The normalized spacial score (nSPS) is 14.9. The number of aryl methyl sites for hydroxylation is 1. The number of hydrogen-bond donors (Lipinski definition) is 0. The average Bonchev–Trinajstić information content (AvgIpc) is 3.17. The van der Waals surface area contributed by atoms with E-state index in [1.807, 2.05) is 24.7 Å². The van der Waals surface area contributed by atoms with E-state index in [0.29, 0.717) is 5.92 Å². The Kier molecular flexibility index (Phi) is 4.08. The number of pyridine rings is 1. The van der Waals surface area contributed by atoms with Crippen molar-refractivity contribution in [3.05, 3.63) is 66.4 Å². The van der Waals surface area contributed by atoms with Crippen molar-refractivity contribution in [3.8, 4) is 22.4 Å². The highest BCUT2D eigenvalue weighted by atomic mass is 14.9. The highest BCUT2D eigenvalue weighted by Crippen LogP contribution is 2.32. The molecule has 0 spiro atoms. The molecule has 1 aromatic carbocycles. The van der Waals surface area contributed by atoms with Crippen LogP contribution >= 0.6 is 0 Å². The Hall–Kier alpha value is -2.55. The number of nitrogens with zero attached hydrogens (tertiary/aromatic N) is 3. The van der Waals surface area contributed by atoms with Crippen molar-refractivity contribution in [2.24, 2.45) is 0 Å². The highest BCUT2D eigenvalue weighted by Gasteiger charge is 2.19. The second-order valence-electron chi connectivity index (χ2n) is 6.56. The van der Waals surface area contributed by atoms with Crippen LogP contribution in [0.2, 0.25) is 0 Å². The van der Waals surface area contributed by atoms with Gasteiger partial charge >= 0.3 is 0 Å². The number of rotatable bonds is 3. The van der Waals surface area contributed by atoms with E-state index in [0.717, 1.165) is 22.6 Å². The summed E-state index contributed by atoms with van der Waals surface area (Å²) in [6.45, 7) is 2.11. The fraction of sp³-hybridized carbons (Fsp3) is 0.286. The van der Waals surface area contributed by atoms with Gasteiger partial charge in [-0.05, 0) is 31.4 Å². The maximum absolute atomic E-state index is 4.63. The van der Waals surface area contributed by atoms with Crippen molar-refractivity contribution in [2.75, 3.05) is 0 Å². The van der Waals surface area contributed by atoms with E-state index in [-0.39, 0.29) is 0 Å². The summed E-state index contributed by atoms with van der Waals surface area (Å²) in [5.41, 5.74) is 5.50. The molecule has 0 bridgehead atoms. The Morgan fingerprint density at radius 2 is 1.50 bits per heavy atom. The van der Waals surface area contributed by atoms with E-state index in [4.69, 9.17) is 0 Å². The van der Waals surface area contributed by atoms with Gasteiger partial charge in [-0.2, -0.15) is 0 Å². The summed E-state index contributed by atoms with van der Waals surface area (Å²) in [5, 5.41) is 0. The van der Waals surface area contributed by atoms with Crippen LogP contribution in [-0.2, 0) is 0 Å². The van der Waals surface area contributed by atoms with Crippen molar-refractivity contribution < 1.29 is 0 Å². The van der Waals surface area contributed by atoms with E-state index in [1.165, 1.54) is 36.8 Å². The Morgan fingerprint density at radius 1 is 0.792 bits per heavy atom. The van der Waals surface area contributed by atoms with E-state index >= 15 is 0 Å². The van der Waals surface area contributed by atoms with Gasteiger partial charge in [0.1, 0.15) is 5.82 Å². The van der Waals surface area contributed by atoms with Crippen molar-refractivity contribution in [3.63, 3.8) is 0 Å². The van der Waals surface area contributed by atoms with E-state index in [2.05, 4.69) is 52.2 Å². The van der Waals surface area contributed by atoms with Crippen LogP contribution in [0.5, 0.6) is 0 Å². The number of aromatic nitrogens is 3. The molecule has 1 fully saturated rings. The monoisotopic (exact) mass is 315 g/mol. The molecule has 1 aliphatic carbocycles. The van der Waals surface area contributed by atoms with Crippen LogP contribution in [0.15, 0.2) is 55.0 Å². The molecule has 0 amide bonds. The van der Waals surface area contributed by atoms with Gasteiger partial charge in [0.05, 0.1) is 5.69 Å². The quantitative estimate of drug-likeness (QED) is 0.669. The first-order valence-electron chi connectivity index (χ1n) is 8.65. The topological polar surface area (TPSA) is 38.7 Å². The van der Waals surface area contributed by atoms with Gasteiger partial charge in [0.25, 0.3) is 0 Å². The van der Waals surface area contributed by atoms with Gasteiger partial charge in [0, 0.05) is 41.2 Å². The van der Waals surface area contributed by atoms with Crippen molar-refractivity contribution >= 4 is 0 Å². The smallest absolute Gasteiger partial charge is 0.131 e. The third-order valence-corrected chi connectivity index (χ3v) is 4.91. The zero-order chi connectivity index (χ0) is 16.4. The summed E-state index contributed by atoms with van der Waals surface area (Å²) in [5.74, 6) is 1.56. The van der Waals surface area contributed by atoms with Crippen LogP contribution in [-0.4, -0.2) is 15.0 Å². The van der Waals surface area contributed by atoms with Gasteiger partial charge in [-0.25, -0.2) is 9.97 Å². The number of hydrogen-bond acceptors (Lipinski definition) is 3. The molecule has 0 unspecified atom stereocenters. The SMILES string of the molecule is Cc1ccccc1-c1ccc(-c2cnc(C3CCCC3)nc2)cn1. The molecule has 0 saturated heterocycles. The summed E-state index contributed by atoms with van der Waals surface area (Å²) in [7, 11) is 0. The largest absolute Gasteiger partial charge is 0.256 e. The third kappa shape index (κ3) is 2.94. The van der Waals surface area contributed by atoms with E-state index in [1.54, 1.807) is 0 Å². The lowest BCUT2D eigenvalue weighted by Gasteiger charge is -2.09. The standard InChI is InChI=1S/C21H21N3/c1-15-6-2-5-9-19(15)20-11-10-17(12-22-20)18-13-23-21(24-14-18)16-7-3-4-8-16/h2,5-6,9-14,16H,3-4,7-8H2,1H3. The Morgan fingerprint density at radius 3 is 2.17 bits per heavy atom. The van der Waals surface area contributed by atoms with Crippen LogP contribution in [0.3, 0.4) is 0 Å². The molecule has 3 heteroatoms. The summed E-state index contributed by atoms with van der Waals surface area (Å²) < 4.78 is 0. The fourth-order valence-corrected chi connectivity index (χ4v) is 3.47. The molecule has 0 N–H and O–H groups in total. The van der Waals surface area contributed by atoms with E-state index in [9.17, 15) is 0 Å². The van der Waals surface area contributed by atoms with Gasteiger partial charge in [-0.3, -0.25) is 4.98 Å². The molecule has 1 saturated carbocycles. The summed E-state index contributed by atoms with van der Waals surface area (Å²) in [4.78, 5) is 13.8. The van der Waals surface area contributed by atoms with Crippen LogP contribution in [0.4, 0.5) is 0 Å². The van der Waals surface area contributed by atoms with Gasteiger partial charge in [-0.1, -0.05) is 43.2 Å². The van der Waals surface area contributed by atoms with Crippen molar-refractivity contribution in [2.45, 2.75) is 38.5 Å². The molecule has 1 aliphatic rings. The molecule has 24 heavy (non-hydrogen) atoms. The van der Waals surface area contributed by atoms with Crippen molar-refractivity contribution in [1.82, 2.24) is 15.0 Å². The minimum absolute atomic E-state index is 0.556. The minimum atomic E-state index is 0.556. The molecular formula is C21H21N3. The predicted octanol–water partition coefficient (Wildman–Crippen LogP) is 5.17. The third-order valence-electron chi connectivity index (χ3n) is 4.91.